The SMILES string of the molecule is CC(=O)Oc1ccc(CN)cc1.S. The Morgan fingerprint density at radius 3 is 2.31 bits per heavy atom. The van der Waals surface area contributed by atoms with E-state index in [4.69, 9.17) is 10.5 Å². The summed E-state index contributed by atoms with van der Waals surface area (Å²) >= 11 is 0. The van der Waals surface area contributed by atoms with Crippen molar-refractivity contribution in [3.8, 4) is 5.75 Å². The first-order valence-electron chi connectivity index (χ1n) is 3.70. The van der Waals surface area contributed by atoms with Crippen LogP contribution in [0.2, 0.25) is 0 Å². The van der Waals surface area contributed by atoms with Gasteiger partial charge in [-0.15, -0.1) is 0 Å². The average Bonchev–Trinajstić information content (AvgIpc) is 2.05. The molecule has 0 atom stereocenters. The maximum absolute atomic E-state index is 10.5. The van der Waals surface area contributed by atoms with Gasteiger partial charge in [0.2, 0.25) is 0 Å². The van der Waals surface area contributed by atoms with Crippen LogP contribution in [0.25, 0.3) is 0 Å². The molecule has 0 heterocycles. The minimum atomic E-state index is -0.310. The van der Waals surface area contributed by atoms with Gasteiger partial charge in [-0.05, 0) is 17.7 Å². The van der Waals surface area contributed by atoms with Gasteiger partial charge in [0.25, 0.3) is 0 Å². The molecule has 0 radical (unpaired) electrons. The van der Waals surface area contributed by atoms with Crippen molar-refractivity contribution in [1.29, 1.82) is 0 Å². The van der Waals surface area contributed by atoms with Gasteiger partial charge in [0.1, 0.15) is 5.75 Å². The third-order valence-corrected chi connectivity index (χ3v) is 1.42. The van der Waals surface area contributed by atoms with Crippen molar-refractivity contribution in [3.63, 3.8) is 0 Å². The van der Waals surface area contributed by atoms with Crippen LogP contribution in [0, 0.1) is 0 Å². The van der Waals surface area contributed by atoms with Crippen LogP contribution in [0.15, 0.2) is 24.3 Å². The number of carbonyl (C=O) groups is 1. The van der Waals surface area contributed by atoms with Gasteiger partial charge in [0.15, 0.2) is 0 Å². The zero-order valence-corrected chi connectivity index (χ0v) is 8.41. The van der Waals surface area contributed by atoms with Crippen molar-refractivity contribution >= 4 is 19.5 Å². The summed E-state index contributed by atoms with van der Waals surface area (Å²) in [5, 5.41) is 0. The van der Waals surface area contributed by atoms with Crippen molar-refractivity contribution in [3.05, 3.63) is 29.8 Å². The maximum Gasteiger partial charge on any atom is 0.308 e. The number of nitrogens with two attached hydrogens (primary N) is 1. The molecule has 0 aliphatic heterocycles. The quantitative estimate of drug-likeness (QED) is 0.575. The van der Waals surface area contributed by atoms with Crippen LogP contribution in [0.5, 0.6) is 5.75 Å². The van der Waals surface area contributed by atoms with Crippen molar-refractivity contribution in [2.45, 2.75) is 13.5 Å². The number of benzene rings is 1. The summed E-state index contributed by atoms with van der Waals surface area (Å²) < 4.78 is 4.83. The smallest absolute Gasteiger partial charge is 0.308 e. The highest BCUT2D eigenvalue weighted by Gasteiger charge is 1.96. The maximum atomic E-state index is 10.5. The van der Waals surface area contributed by atoms with E-state index in [0.717, 1.165) is 5.56 Å². The molecule has 1 aromatic carbocycles. The third-order valence-electron chi connectivity index (χ3n) is 1.42. The minimum absolute atomic E-state index is 0. The lowest BCUT2D eigenvalue weighted by Crippen LogP contribution is -2.01. The van der Waals surface area contributed by atoms with Gasteiger partial charge in [-0.1, -0.05) is 12.1 Å². The second kappa shape index (κ2) is 5.61. The fourth-order valence-electron chi connectivity index (χ4n) is 0.860. The highest BCUT2D eigenvalue weighted by Crippen LogP contribution is 2.11. The molecule has 0 saturated carbocycles. The summed E-state index contributed by atoms with van der Waals surface area (Å²) in [5.41, 5.74) is 6.41. The lowest BCUT2D eigenvalue weighted by atomic mass is 10.2. The van der Waals surface area contributed by atoms with Crippen LogP contribution in [-0.2, 0) is 11.3 Å². The molecule has 0 aromatic heterocycles. The first kappa shape index (κ1) is 12.0. The molecule has 0 spiro atoms. The summed E-state index contributed by atoms with van der Waals surface area (Å²) in [7, 11) is 0. The lowest BCUT2D eigenvalue weighted by Gasteiger charge is -2.01. The molecule has 0 bridgehead atoms. The van der Waals surface area contributed by atoms with E-state index >= 15 is 0 Å². The van der Waals surface area contributed by atoms with E-state index in [0.29, 0.717) is 12.3 Å². The van der Waals surface area contributed by atoms with Crippen molar-refractivity contribution in [2.24, 2.45) is 5.73 Å². The number of carbonyl (C=O) groups excluding carboxylic acids is 1. The number of hydrogen-bond donors (Lipinski definition) is 1. The summed E-state index contributed by atoms with van der Waals surface area (Å²) in [6.07, 6.45) is 0. The summed E-state index contributed by atoms with van der Waals surface area (Å²) in [4.78, 5) is 10.5. The Labute approximate surface area is 84.3 Å². The summed E-state index contributed by atoms with van der Waals surface area (Å²) in [5.74, 6) is 0.246. The third kappa shape index (κ3) is 3.96. The zero-order valence-electron chi connectivity index (χ0n) is 7.41. The first-order valence-corrected chi connectivity index (χ1v) is 3.70. The van der Waals surface area contributed by atoms with E-state index in [1.54, 1.807) is 12.1 Å². The largest absolute Gasteiger partial charge is 0.427 e. The molecule has 0 fully saturated rings. The molecule has 0 unspecified atom stereocenters. The van der Waals surface area contributed by atoms with Gasteiger partial charge in [0, 0.05) is 13.5 Å². The molecule has 1 rings (SSSR count). The molecular weight excluding hydrogens is 186 g/mol. The lowest BCUT2D eigenvalue weighted by molar-refractivity contribution is -0.131. The van der Waals surface area contributed by atoms with E-state index in [-0.39, 0.29) is 19.5 Å². The molecule has 72 valence electrons. The van der Waals surface area contributed by atoms with Gasteiger partial charge < -0.3 is 10.5 Å². The van der Waals surface area contributed by atoms with E-state index in [1.807, 2.05) is 12.1 Å². The predicted octanol–water partition coefficient (Wildman–Crippen LogP) is 1.18. The fourth-order valence-corrected chi connectivity index (χ4v) is 0.860. The highest BCUT2D eigenvalue weighted by molar-refractivity contribution is 7.59. The molecule has 3 nitrogen and oxygen atoms in total. The van der Waals surface area contributed by atoms with Crippen LogP contribution in [0.4, 0.5) is 0 Å². The second-order valence-corrected chi connectivity index (χ2v) is 2.44. The molecular formula is C9H13NO2S. The highest BCUT2D eigenvalue weighted by atomic mass is 32.1. The molecule has 0 aliphatic rings. The Kier molecular flexibility index (Phi) is 5.18. The van der Waals surface area contributed by atoms with E-state index in [2.05, 4.69) is 0 Å². The molecule has 1 aromatic rings. The molecule has 0 aliphatic carbocycles. The Morgan fingerprint density at radius 2 is 1.92 bits per heavy atom. The van der Waals surface area contributed by atoms with E-state index in [1.165, 1.54) is 6.92 Å². The normalized spacial score (nSPS) is 8.77. The summed E-state index contributed by atoms with van der Waals surface area (Å²) in [6, 6.07) is 7.11. The van der Waals surface area contributed by atoms with Crippen LogP contribution >= 0.6 is 13.5 Å². The zero-order chi connectivity index (χ0) is 8.97. The van der Waals surface area contributed by atoms with Crippen LogP contribution in [0.3, 0.4) is 0 Å². The number of ether oxygens (including phenoxy) is 1. The Balaban J connectivity index is 0.00000144. The van der Waals surface area contributed by atoms with Gasteiger partial charge >= 0.3 is 5.97 Å². The summed E-state index contributed by atoms with van der Waals surface area (Å²) in [6.45, 7) is 1.87. The van der Waals surface area contributed by atoms with Gasteiger partial charge in [-0.2, -0.15) is 13.5 Å². The molecule has 13 heavy (non-hydrogen) atoms. The number of rotatable bonds is 2. The average molecular weight is 199 g/mol. The molecule has 0 saturated heterocycles. The van der Waals surface area contributed by atoms with Crippen LogP contribution < -0.4 is 10.5 Å². The standard InChI is InChI=1S/C9H11NO2.H2S/c1-7(11)12-9-4-2-8(6-10)3-5-9;/h2-5H,6,10H2,1H3;1H2. The number of esters is 1. The Hall–Kier alpha value is -1.00. The van der Waals surface area contributed by atoms with Crippen LogP contribution in [-0.4, -0.2) is 5.97 Å². The molecule has 4 heteroatoms. The van der Waals surface area contributed by atoms with Crippen molar-refractivity contribution in [1.82, 2.24) is 0 Å². The first-order chi connectivity index (χ1) is 5.72. The van der Waals surface area contributed by atoms with Crippen molar-refractivity contribution < 1.29 is 9.53 Å². The van der Waals surface area contributed by atoms with E-state index < -0.39 is 0 Å². The predicted molar refractivity (Wildman–Crippen MR) is 56.0 cm³/mol. The van der Waals surface area contributed by atoms with Crippen LogP contribution in [0.1, 0.15) is 12.5 Å². The molecule has 2 N–H and O–H groups in total. The molecule has 0 amide bonds. The Morgan fingerprint density at radius 1 is 1.38 bits per heavy atom. The van der Waals surface area contributed by atoms with Gasteiger partial charge in [-0.3, -0.25) is 4.79 Å². The second-order valence-electron chi connectivity index (χ2n) is 2.44. The van der Waals surface area contributed by atoms with Gasteiger partial charge in [0.05, 0.1) is 0 Å². The topological polar surface area (TPSA) is 52.3 Å². The fraction of sp³-hybridized carbons (Fsp3) is 0.222. The number of hydrogen-bond acceptors (Lipinski definition) is 3. The minimum Gasteiger partial charge on any atom is -0.427 e. The van der Waals surface area contributed by atoms with Gasteiger partial charge in [-0.25, -0.2) is 0 Å². The van der Waals surface area contributed by atoms with Crippen molar-refractivity contribution in [2.75, 3.05) is 0 Å². The van der Waals surface area contributed by atoms with E-state index in [9.17, 15) is 4.79 Å². The monoisotopic (exact) mass is 199 g/mol. The Bertz CT molecular complexity index is 271.